The number of hydrogen-bond acceptors (Lipinski definition) is 8. The van der Waals surface area contributed by atoms with Crippen molar-refractivity contribution in [2.75, 3.05) is 0 Å². The lowest BCUT2D eigenvalue weighted by Crippen LogP contribution is -2.29. The van der Waals surface area contributed by atoms with Gasteiger partial charge in [-0.1, -0.05) is 12.1 Å². The summed E-state index contributed by atoms with van der Waals surface area (Å²) in [5.74, 6) is 0. The molecule has 2 aromatic carbocycles. The number of nitro groups is 2. The Morgan fingerprint density at radius 1 is 1.03 bits per heavy atom. The molecule has 0 aliphatic heterocycles. The number of hydrogen-bond donors (Lipinski definition) is 2. The molecule has 1 aromatic heterocycles. The summed E-state index contributed by atoms with van der Waals surface area (Å²) in [4.78, 5) is 33.3. The first-order chi connectivity index (χ1) is 13.8. The topological polar surface area (TPSA) is 175 Å². The molecule has 12 nitrogen and oxygen atoms in total. The van der Waals surface area contributed by atoms with E-state index in [0.717, 1.165) is 4.68 Å². The van der Waals surface area contributed by atoms with Gasteiger partial charge in [0.15, 0.2) is 16.5 Å². The predicted octanol–water partition coefficient (Wildman–Crippen LogP) is 3.17. The number of nitrogens with one attached hydrogen (secondary N) is 1. The van der Waals surface area contributed by atoms with E-state index in [9.17, 15) is 25.0 Å². The number of benzene rings is 2. The van der Waals surface area contributed by atoms with E-state index in [2.05, 4.69) is 15.3 Å². The van der Waals surface area contributed by atoms with E-state index in [1.54, 1.807) is 0 Å². The molecule has 0 saturated carbocycles. The summed E-state index contributed by atoms with van der Waals surface area (Å²) in [7, 11) is 0. The van der Waals surface area contributed by atoms with Gasteiger partial charge >= 0.3 is 5.56 Å². The van der Waals surface area contributed by atoms with Crippen LogP contribution < -0.4 is 11.3 Å². The number of H-pyrrole nitrogens is 1. The number of nitrogens with two attached hydrogens (primary N) is 1. The maximum absolute atomic E-state index is 12.6. The lowest BCUT2D eigenvalue weighted by Gasteiger charge is -2.00. The van der Waals surface area contributed by atoms with E-state index in [-0.39, 0.29) is 33.6 Å². The number of azo groups is 1. The van der Waals surface area contributed by atoms with Crippen LogP contribution in [0.1, 0.15) is 0 Å². The average molecular weight is 413 g/mol. The Kier molecular flexibility index (Phi) is 5.23. The van der Waals surface area contributed by atoms with Crippen LogP contribution in [0.15, 0.2) is 63.6 Å². The van der Waals surface area contributed by atoms with Crippen molar-refractivity contribution in [3.05, 3.63) is 79.1 Å². The summed E-state index contributed by atoms with van der Waals surface area (Å²) in [6.45, 7) is 0. The minimum Gasteiger partial charge on any atom is -0.374 e. The van der Waals surface area contributed by atoms with Gasteiger partial charge in [0.25, 0.3) is 11.4 Å². The number of aromatic nitrogens is 2. The molecule has 1 heterocycles. The van der Waals surface area contributed by atoms with Gasteiger partial charge < -0.3 is 5.73 Å². The zero-order chi connectivity index (χ0) is 21.1. The van der Waals surface area contributed by atoms with Crippen molar-refractivity contribution in [2.45, 2.75) is 0 Å². The molecule has 3 rings (SSSR count). The second-order valence-electron chi connectivity index (χ2n) is 5.56. The Morgan fingerprint density at radius 3 is 2.28 bits per heavy atom. The molecule has 0 radical (unpaired) electrons. The highest BCUT2D eigenvalue weighted by Crippen LogP contribution is 2.31. The summed E-state index contributed by atoms with van der Waals surface area (Å²) in [5.41, 5.74) is 4.59. The molecule has 0 bridgehead atoms. The molecule has 0 fully saturated rings. The third kappa shape index (κ3) is 3.89. The van der Waals surface area contributed by atoms with E-state index in [1.807, 2.05) is 0 Å². The summed E-state index contributed by atoms with van der Waals surface area (Å²) >= 11 is 4.82. The highest BCUT2D eigenvalue weighted by atomic mass is 32.1. The fourth-order valence-corrected chi connectivity index (χ4v) is 2.56. The molecule has 3 N–H and O–H groups in total. The maximum atomic E-state index is 12.6. The van der Waals surface area contributed by atoms with Gasteiger partial charge in [-0.3, -0.25) is 30.1 Å². The van der Waals surface area contributed by atoms with Gasteiger partial charge in [-0.2, -0.15) is 4.68 Å². The van der Waals surface area contributed by atoms with E-state index < -0.39 is 15.4 Å². The first kappa shape index (κ1) is 19.5. The molecule has 3 aromatic rings. The van der Waals surface area contributed by atoms with Gasteiger partial charge in [0.1, 0.15) is 0 Å². The van der Waals surface area contributed by atoms with Gasteiger partial charge in [0, 0.05) is 23.8 Å². The minimum atomic E-state index is -0.729. The Labute approximate surface area is 166 Å². The van der Waals surface area contributed by atoms with Crippen molar-refractivity contribution in [2.24, 2.45) is 16.0 Å². The van der Waals surface area contributed by atoms with Gasteiger partial charge in [-0.25, -0.2) is 0 Å². The van der Waals surface area contributed by atoms with Crippen LogP contribution in [0.2, 0.25) is 0 Å². The maximum Gasteiger partial charge on any atom is 0.301 e. The van der Waals surface area contributed by atoms with E-state index in [4.69, 9.17) is 18.0 Å². The highest BCUT2D eigenvalue weighted by Gasteiger charge is 2.19. The first-order valence-corrected chi connectivity index (χ1v) is 8.25. The summed E-state index contributed by atoms with van der Waals surface area (Å²) in [5, 5.41) is 32.0. The van der Waals surface area contributed by atoms with Gasteiger partial charge in [0.2, 0.25) is 0 Å². The smallest absolute Gasteiger partial charge is 0.301 e. The number of thiocarbonyl (C=S) groups is 1. The fourth-order valence-electron chi connectivity index (χ4n) is 2.43. The van der Waals surface area contributed by atoms with Crippen LogP contribution in [0.25, 0.3) is 11.3 Å². The molecule has 0 aliphatic rings. The largest absolute Gasteiger partial charge is 0.374 e. The predicted molar refractivity (Wildman–Crippen MR) is 107 cm³/mol. The standard InChI is InChI=1S/C16H11N7O5S/c17-16(29)21-15(24)14(19-18-11-3-1-2-4-12(11)23(27)28)13(20-21)9-5-7-10(8-6-9)22(25)26/h1-8,20H,(H2,17,29). The molecule has 13 heteroatoms. The number of nitrogens with zero attached hydrogens (tertiary/aromatic N) is 5. The highest BCUT2D eigenvalue weighted by molar-refractivity contribution is 7.80. The van der Waals surface area contributed by atoms with E-state index in [0.29, 0.717) is 5.56 Å². The van der Waals surface area contributed by atoms with Crippen molar-refractivity contribution in [1.82, 2.24) is 9.78 Å². The molecule has 0 spiro atoms. The number of non-ortho nitro benzene ring substituents is 1. The van der Waals surface area contributed by atoms with Crippen LogP contribution in [0, 0.1) is 20.2 Å². The van der Waals surface area contributed by atoms with E-state index >= 15 is 0 Å². The first-order valence-electron chi connectivity index (χ1n) is 7.84. The van der Waals surface area contributed by atoms with Crippen molar-refractivity contribution >= 4 is 40.1 Å². The number of aromatic amines is 1. The normalized spacial score (nSPS) is 10.9. The zero-order valence-electron chi connectivity index (χ0n) is 14.4. The van der Waals surface area contributed by atoms with Crippen LogP contribution in [-0.2, 0) is 0 Å². The van der Waals surface area contributed by atoms with E-state index in [1.165, 1.54) is 48.5 Å². The number of nitro benzene ring substituents is 2. The van der Waals surface area contributed by atoms with Crippen LogP contribution >= 0.6 is 12.2 Å². The molecule has 0 saturated heterocycles. The Bertz CT molecular complexity index is 1210. The SMILES string of the molecule is NC(=S)n1[nH]c(-c2ccc([N+](=O)[O-])cc2)c(N=Nc2ccccc2[N+](=O)[O-])c1=O. The van der Waals surface area contributed by atoms with Crippen LogP contribution in [0.4, 0.5) is 22.7 Å². The Hall–Kier alpha value is -4.26. The van der Waals surface area contributed by atoms with Gasteiger partial charge in [-0.15, -0.1) is 10.2 Å². The zero-order valence-corrected chi connectivity index (χ0v) is 15.2. The second kappa shape index (κ2) is 7.77. The second-order valence-corrected chi connectivity index (χ2v) is 5.98. The lowest BCUT2D eigenvalue weighted by molar-refractivity contribution is -0.384. The monoisotopic (exact) mass is 413 g/mol. The van der Waals surface area contributed by atoms with Crippen LogP contribution in [0.5, 0.6) is 0 Å². The molecule has 0 unspecified atom stereocenters. The fraction of sp³-hybridized carbons (Fsp3) is 0. The molecule has 146 valence electrons. The quantitative estimate of drug-likeness (QED) is 0.279. The molecule has 0 amide bonds. The van der Waals surface area contributed by atoms with Crippen molar-refractivity contribution in [3.63, 3.8) is 0 Å². The third-order valence-electron chi connectivity index (χ3n) is 3.79. The number of para-hydroxylation sites is 1. The van der Waals surface area contributed by atoms with Crippen LogP contribution in [0.3, 0.4) is 0 Å². The van der Waals surface area contributed by atoms with Crippen molar-refractivity contribution in [3.8, 4) is 11.3 Å². The summed E-state index contributed by atoms with van der Waals surface area (Å²) < 4.78 is 0.847. The summed E-state index contributed by atoms with van der Waals surface area (Å²) in [6, 6.07) is 10.9. The Balaban J connectivity index is 2.13. The van der Waals surface area contributed by atoms with Crippen LogP contribution in [-0.4, -0.2) is 24.7 Å². The van der Waals surface area contributed by atoms with Gasteiger partial charge in [-0.05, 0) is 30.4 Å². The molecule has 0 atom stereocenters. The molecular formula is C16H11N7O5S. The average Bonchev–Trinajstić information content (AvgIpc) is 3.03. The Morgan fingerprint density at radius 2 is 1.69 bits per heavy atom. The molecule has 29 heavy (non-hydrogen) atoms. The minimum absolute atomic E-state index is 0.0605. The molecular weight excluding hydrogens is 402 g/mol. The van der Waals surface area contributed by atoms with Crippen molar-refractivity contribution < 1.29 is 9.85 Å². The van der Waals surface area contributed by atoms with Gasteiger partial charge in [0.05, 0.1) is 15.5 Å². The third-order valence-corrected chi connectivity index (χ3v) is 3.97. The number of rotatable bonds is 5. The van der Waals surface area contributed by atoms with Crippen molar-refractivity contribution in [1.29, 1.82) is 0 Å². The lowest BCUT2D eigenvalue weighted by atomic mass is 10.1. The molecule has 0 aliphatic carbocycles. The summed E-state index contributed by atoms with van der Waals surface area (Å²) in [6.07, 6.45) is 0.